The van der Waals surface area contributed by atoms with E-state index in [1.54, 1.807) is 12.1 Å². The van der Waals surface area contributed by atoms with Gasteiger partial charge in [0, 0.05) is 19.6 Å². The quantitative estimate of drug-likeness (QED) is 0.815. The molecule has 0 bridgehead atoms. The van der Waals surface area contributed by atoms with Gasteiger partial charge < -0.3 is 10.1 Å². The average molecular weight is 312 g/mol. The monoisotopic (exact) mass is 312 g/mol. The number of carbonyl (C=O) groups is 1. The average Bonchev–Trinajstić information content (AvgIpc) is 2.95. The van der Waals surface area contributed by atoms with Crippen molar-refractivity contribution in [2.24, 2.45) is 5.14 Å². The van der Waals surface area contributed by atoms with Gasteiger partial charge in [0.2, 0.25) is 15.9 Å². The van der Waals surface area contributed by atoms with Gasteiger partial charge in [-0.25, -0.2) is 13.6 Å². The molecule has 21 heavy (non-hydrogen) atoms. The van der Waals surface area contributed by atoms with Gasteiger partial charge in [-0.05, 0) is 37.0 Å². The number of hydrogen-bond donors (Lipinski definition) is 2. The summed E-state index contributed by atoms with van der Waals surface area (Å²) >= 11 is 0. The molecule has 0 unspecified atom stereocenters. The lowest BCUT2D eigenvalue weighted by molar-refractivity contribution is -0.121. The Labute approximate surface area is 124 Å². The zero-order chi connectivity index (χ0) is 15.3. The van der Waals surface area contributed by atoms with Crippen molar-refractivity contribution in [1.82, 2.24) is 5.32 Å². The zero-order valence-electron chi connectivity index (χ0n) is 11.7. The molecule has 1 atom stereocenters. The number of nitrogens with one attached hydrogen (secondary N) is 1. The van der Waals surface area contributed by atoms with E-state index in [-0.39, 0.29) is 16.9 Å². The maximum Gasteiger partial charge on any atom is 0.238 e. The molecular formula is C14H20N2O4S. The molecule has 116 valence electrons. The van der Waals surface area contributed by atoms with Crippen LogP contribution in [0.5, 0.6) is 0 Å². The summed E-state index contributed by atoms with van der Waals surface area (Å²) in [7, 11) is -3.67. The van der Waals surface area contributed by atoms with Gasteiger partial charge in [0.15, 0.2) is 0 Å². The standard InChI is InChI=1S/C14H20N2O4S/c15-21(18,19)13-6-3-11(4-7-13)10-16-14(17)8-5-12-2-1-9-20-12/h3-4,6-7,12H,1-2,5,8-10H2,(H,16,17)(H2,15,18,19)/t12-/m1/s1. The molecule has 3 N–H and O–H groups in total. The Balaban J connectivity index is 1.75. The van der Waals surface area contributed by atoms with Crippen LogP contribution < -0.4 is 10.5 Å². The first-order chi connectivity index (χ1) is 9.95. The van der Waals surface area contributed by atoms with Crippen LogP contribution in [0, 0.1) is 0 Å². The van der Waals surface area contributed by atoms with E-state index in [0.29, 0.717) is 13.0 Å². The van der Waals surface area contributed by atoms with E-state index >= 15 is 0 Å². The zero-order valence-corrected chi connectivity index (χ0v) is 12.6. The fourth-order valence-electron chi connectivity index (χ4n) is 2.25. The van der Waals surface area contributed by atoms with Crippen LogP contribution >= 0.6 is 0 Å². The van der Waals surface area contributed by atoms with Crippen molar-refractivity contribution in [2.75, 3.05) is 6.61 Å². The molecule has 0 aliphatic carbocycles. The van der Waals surface area contributed by atoms with Gasteiger partial charge in [-0.15, -0.1) is 0 Å². The number of ether oxygens (including phenoxy) is 1. The Morgan fingerprint density at radius 1 is 1.33 bits per heavy atom. The third kappa shape index (κ3) is 5.11. The van der Waals surface area contributed by atoms with E-state index in [4.69, 9.17) is 9.88 Å². The van der Waals surface area contributed by atoms with Crippen molar-refractivity contribution in [3.63, 3.8) is 0 Å². The first-order valence-corrected chi connectivity index (χ1v) is 8.50. The van der Waals surface area contributed by atoms with E-state index < -0.39 is 10.0 Å². The molecule has 1 fully saturated rings. The number of rotatable bonds is 6. The van der Waals surface area contributed by atoms with Crippen LogP contribution in [-0.4, -0.2) is 27.0 Å². The van der Waals surface area contributed by atoms with Gasteiger partial charge in [0.05, 0.1) is 11.0 Å². The summed E-state index contributed by atoms with van der Waals surface area (Å²) in [5.74, 6) is -0.0268. The number of sulfonamides is 1. The smallest absolute Gasteiger partial charge is 0.238 e. The number of nitrogens with two attached hydrogens (primary N) is 1. The molecule has 0 aromatic heterocycles. The molecule has 1 aliphatic rings. The lowest BCUT2D eigenvalue weighted by Gasteiger charge is -2.09. The van der Waals surface area contributed by atoms with Gasteiger partial charge in [0.25, 0.3) is 0 Å². The number of amides is 1. The molecule has 0 spiro atoms. The van der Waals surface area contributed by atoms with E-state index in [1.165, 1.54) is 12.1 Å². The molecule has 6 nitrogen and oxygen atoms in total. The van der Waals surface area contributed by atoms with Crippen LogP contribution in [0.25, 0.3) is 0 Å². The van der Waals surface area contributed by atoms with Gasteiger partial charge in [-0.1, -0.05) is 12.1 Å². The molecule has 0 saturated carbocycles. The lowest BCUT2D eigenvalue weighted by Crippen LogP contribution is -2.24. The van der Waals surface area contributed by atoms with Crippen LogP contribution in [0.2, 0.25) is 0 Å². The van der Waals surface area contributed by atoms with E-state index in [0.717, 1.165) is 31.4 Å². The second-order valence-corrected chi connectivity index (χ2v) is 6.70. The van der Waals surface area contributed by atoms with Crippen molar-refractivity contribution in [1.29, 1.82) is 0 Å². The number of hydrogen-bond acceptors (Lipinski definition) is 4. The Morgan fingerprint density at radius 3 is 2.62 bits per heavy atom. The van der Waals surface area contributed by atoms with E-state index in [1.807, 2.05) is 0 Å². The second-order valence-electron chi connectivity index (χ2n) is 5.14. The predicted octanol–water partition coefficient (Wildman–Crippen LogP) is 0.909. The van der Waals surface area contributed by atoms with Crippen molar-refractivity contribution >= 4 is 15.9 Å². The minimum Gasteiger partial charge on any atom is -0.378 e. The Morgan fingerprint density at radius 2 is 2.05 bits per heavy atom. The first kappa shape index (κ1) is 15.9. The molecule has 1 saturated heterocycles. The van der Waals surface area contributed by atoms with Gasteiger partial charge in [-0.3, -0.25) is 4.79 Å². The molecule has 1 amide bonds. The summed E-state index contributed by atoms with van der Waals surface area (Å²) in [6.07, 6.45) is 3.51. The summed E-state index contributed by atoms with van der Waals surface area (Å²) in [4.78, 5) is 11.8. The summed E-state index contributed by atoms with van der Waals surface area (Å²) < 4.78 is 27.7. The Bertz CT molecular complexity index is 577. The van der Waals surface area contributed by atoms with Crippen LogP contribution in [-0.2, 0) is 26.1 Å². The largest absolute Gasteiger partial charge is 0.378 e. The molecule has 2 rings (SSSR count). The maximum atomic E-state index is 11.7. The summed E-state index contributed by atoms with van der Waals surface area (Å²) in [5.41, 5.74) is 0.827. The van der Waals surface area contributed by atoms with Gasteiger partial charge in [0.1, 0.15) is 0 Å². The normalized spacial score (nSPS) is 18.6. The van der Waals surface area contributed by atoms with Gasteiger partial charge >= 0.3 is 0 Å². The molecule has 1 aromatic carbocycles. The summed E-state index contributed by atoms with van der Waals surface area (Å²) in [6.45, 7) is 1.16. The molecule has 0 radical (unpaired) electrons. The highest BCUT2D eigenvalue weighted by atomic mass is 32.2. The molecule has 1 aliphatic heterocycles. The third-order valence-electron chi connectivity index (χ3n) is 3.46. The van der Waals surface area contributed by atoms with Crippen molar-refractivity contribution in [3.8, 4) is 0 Å². The van der Waals surface area contributed by atoms with E-state index in [9.17, 15) is 13.2 Å². The van der Waals surface area contributed by atoms with Crippen LogP contribution in [0.1, 0.15) is 31.2 Å². The molecular weight excluding hydrogens is 292 g/mol. The molecule has 7 heteroatoms. The predicted molar refractivity (Wildman–Crippen MR) is 77.9 cm³/mol. The molecule has 1 aromatic rings. The Hall–Kier alpha value is -1.44. The van der Waals surface area contributed by atoms with Crippen LogP contribution in [0.15, 0.2) is 29.2 Å². The minimum atomic E-state index is -3.67. The fourth-order valence-corrected chi connectivity index (χ4v) is 2.77. The highest BCUT2D eigenvalue weighted by Gasteiger charge is 2.16. The lowest BCUT2D eigenvalue weighted by atomic mass is 10.1. The summed E-state index contributed by atoms with van der Waals surface area (Å²) in [5, 5.41) is 7.82. The topological polar surface area (TPSA) is 98.5 Å². The van der Waals surface area contributed by atoms with Gasteiger partial charge in [-0.2, -0.15) is 0 Å². The fraction of sp³-hybridized carbons (Fsp3) is 0.500. The molecule has 1 heterocycles. The van der Waals surface area contributed by atoms with Crippen molar-refractivity contribution in [3.05, 3.63) is 29.8 Å². The van der Waals surface area contributed by atoms with E-state index in [2.05, 4.69) is 5.32 Å². The van der Waals surface area contributed by atoms with Crippen molar-refractivity contribution < 1.29 is 17.9 Å². The number of primary sulfonamides is 1. The first-order valence-electron chi connectivity index (χ1n) is 6.95. The summed E-state index contributed by atoms with van der Waals surface area (Å²) in [6, 6.07) is 6.15. The van der Waals surface area contributed by atoms with Crippen LogP contribution in [0.3, 0.4) is 0 Å². The highest BCUT2D eigenvalue weighted by molar-refractivity contribution is 7.89. The maximum absolute atomic E-state index is 11.7. The Kier molecular flexibility index (Phi) is 5.33. The third-order valence-corrected chi connectivity index (χ3v) is 4.39. The second kappa shape index (κ2) is 7.02. The number of carbonyl (C=O) groups excluding carboxylic acids is 1. The number of benzene rings is 1. The SMILES string of the molecule is NS(=O)(=O)c1ccc(CNC(=O)CC[C@H]2CCCO2)cc1. The van der Waals surface area contributed by atoms with Crippen molar-refractivity contribution in [2.45, 2.75) is 43.2 Å². The van der Waals surface area contributed by atoms with Crippen LogP contribution in [0.4, 0.5) is 0 Å². The minimum absolute atomic E-state index is 0.0268. The highest BCUT2D eigenvalue weighted by Crippen LogP contribution is 2.16.